The zero-order valence-electron chi connectivity index (χ0n) is 11.1. The maximum absolute atomic E-state index is 5.74. The van der Waals surface area contributed by atoms with Gasteiger partial charge in [0.2, 0.25) is 0 Å². The van der Waals surface area contributed by atoms with Gasteiger partial charge in [-0.25, -0.2) is 0 Å². The van der Waals surface area contributed by atoms with Crippen molar-refractivity contribution >= 4 is 5.69 Å². The Labute approximate surface area is 100 Å². The Morgan fingerprint density at radius 2 is 1.75 bits per heavy atom. The van der Waals surface area contributed by atoms with Crippen molar-refractivity contribution in [3.8, 4) is 0 Å². The van der Waals surface area contributed by atoms with Gasteiger partial charge >= 0.3 is 0 Å². The van der Waals surface area contributed by atoms with Crippen LogP contribution in [0.5, 0.6) is 0 Å². The molecule has 2 N–H and O–H groups in total. The fourth-order valence-electron chi connectivity index (χ4n) is 2.27. The summed E-state index contributed by atoms with van der Waals surface area (Å²) in [7, 11) is 0. The van der Waals surface area contributed by atoms with Crippen molar-refractivity contribution in [3.63, 3.8) is 0 Å². The van der Waals surface area contributed by atoms with Crippen LogP contribution in [0.1, 0.15) is 52.5 Å². The van der Waals surface area contributed by atoms with E-state index in [0.29, 0.717) is 5.41 Å². The molecular formula is C15H25N. The molecule has 1 aromatic carbocycles. The van der Waals surface area contributed by atoms with Crippen molar-refractivity contribution in [1.82, 2.24) is 0 Å². The van der Waals surface area contributed by atoms with Crippen molar-refractivity contribution in [2.75, 3.05) is 5.73 Å². The van der Waals surface area contributed by atoms with Crippen LogP contribution in [-0.4, -0.2) is 0 Å². The lowest BCUT2D eigenvalue weighted by molar-refractivity contribution is 0.336. The summed E-state index contributed by atoms with van der Waals surface area (Å²) in [5.41, 5.74) is 8.31. The molecule has 2 unspecified atom stereocenters. The van der Waals surface area contributed by atoms with E-state index in [0.717, 1.165) is 11.6 Å². The summed E-state index contributed by atoms with van der Waals surface area (Å²) in [5.74, 6) is 0.780. The Morgan fingerprint density at radius 3 is 2.19 bits per heavy atom. The summed E-state index contributed by atoms with van der Waals surface area (Å²) in [5, 5.41) is 0. The highest BCUT2D eigenvalue weighted by atomic mass is 14.5. The second kappa shape index (κ2) is 5.38. The van der Waals surface area contributed by atoms with Gasteiger partial charge in [-0.05, 0) is 41.9 Å². The third-order valence-electron chi connectivity index (χ3n) is 3.88. The molecule has 0 amide bonds. The first-order chi connectivity index (χ1) is 7.51. The smallest absolute Gasteiger partial charge is 0.0314 e. The van der Waals surface area contributed by atoms with E-state index in [2.05, 4.69) is 39.8 Å². The Morgan fingerprint density at radius 1 is 1.19 bits per heavy atom. The van der Waals surface area contributed by atoms with Gasteiger partial charge in [0.05, 0.1) is 0 Å². The fraction of sp³-hybridized carbons (Fsp3) is 0.600. The van der Waals surface area contributed by atoms with E-state index < -0.39 is 0 Å². The molecule has 0 saturated heterocycles. The number of rotatable bonds is 5. The molecule has 0 aliphatic rings. The summed E-state index contributed by atoms with van der Waals surface area (Å²) in [4.78, 5) is 0. The summed E-state index contributed by atoms with van der Waals surface area (Å²) in [6.07, 6.45) is 3.69. The zero-order chi connectivity index (χ0) is 12.2. The summed E-state index contributed by atoms with van der Waals surface area (Å²) < 4.78 is 0. The average molecular weight is 219 g/mol. The van der Waals surface area contributed by atoms with Crippen LogP contribution in [0.15, 0.2) is 24.3 Å². The van der Waals surface area contributed by atoms with Gasteiger partial charge in [-0.1, -0.05) is 46.2 Å². The number of benzene rings is 1. The number of hydrogen-bond donors (Lipinski definition) is 1. The van der Waals surface area contributed by atoms with Crippen LogP contribution >= 0.6 is 0 Å². The van der Waals surface area contributed by atoms with Crippen molar-refractivity contribution in [2.45, 2.75) is 52.4 Å². The van der Waals surface area contributed by atoms with Crippen LogP contribution in [0.25, 0.3) is 0 Å². The van der Waals surface area contributed by atoms with Gasteiger partial charge in [-0.3, -0.25) is 0 Å². The molecule has 1 aromatic rings. The molecule has 1 heteroatoms. The van der Waals surface area contributed by atoms with Crippen LogP contribution in [0, 0.1) is 5.92 Å². The van der Waals surface area contributed by atoms with Crippen LogP contribution in [0.3, 0.4) is 0 Å². The molecule has 16 heavy (non-hydrogen) atoms. The molecule has 0 spiro atoms. The summed E-state index contributed by atoms with van der Waals surface area (Å²) >= 11 is 0. The predicted octanol–water partition coefficient (Wildman–Crippen LogP) is 4.37. The maximum atomic E-state index is 5.74. The normalized spacial score (nSPS) is 16.8. The van der Waals surface area contributed by atoms with Crippen LogP contribution in [0.2, 0.25) is 0 Å². The van der Waals surface area contributed by atoms with E-state index >= 15 is 0 Å². The van der Waals surface area contributed by atoms with Crippen molar-refractivity contribution in [1.29, 1.82) is 0 Å². The minimum absolute atomic E-state index is 0.295. The van der Waals surface area contributed by atoms with Gasteiger partial charge in [0.25, 0.3) is 0 Å². The zero-order valence-corrected chi connectivity index (χ0v) is 11.1. The van der Waals surface area contributed by atoms with Crippen molar-refractivity contribution in [2.24, 2.45) is 5.92 Å². The topological polar surface area (TPSA) is 26.0 Å². The van der Waals surface area contributed by atoms with Crippen molar-refractivity contribution in [3.05, 3.63) is 29.8 Å². The molecule has 0 aliphatic carbocycles. The van der Waals surface area contributed by atoms with Crippen LogP contribution < -0.4 is 5.73 Å². The van der Waals surface area contributed by atoms with Gasteiger partial charge < -0.3 is 5.73 Å². The molecule has 2 atom stereocenters. The molecule has 1 rings (SSSR count). The quantitative estimate of drug-likeness (QED) is 0.731. The first kappa shape index (κ1) is 13.1. The fourth-order valence-corrected chi connectivity index (χ4v) is 2.27. The monoisotopic (exact) mass is 219 g/mol. The van der Waals surface area contributed by atoms with E-state index in [1.165, 1.54) is 24.8 Å². The number of hydrogen-bond acceptors (Lipinski definition) is 1. The summed E-state index contributed by atoms with van der Waals surface area (Å²) in [6, 6.07) is 8.39. The third-order valence-corrected chi connectivity index (χ3v) is 3.88. The molecule has 0 heterocycles. The molecule has 90 valence electrons. The lowest BCUT2D eigenvalue weighted by Gasteiger charge is -2.31. The Bertz CT molecular complexity index is 315. The second-order valence-electron chi connectivity index (χ2n) is 5.25. The Hall–Kier alpha value is -0.980. The lowest BCUT2D eigenvalue weighted by atomic mass is 9.73. The van der Waals surface area contributed by atoms with Crippen molar-refractivity contribution < 1.29 is 0 Å². The van der Waals surface area contributed by atoms with Crippen LogP contribution in [-0.2, 0) is 5.41 Å². The molecular weight excluding hydrogens is 194 g/mol. The average Bonchev–Trinajstić information content (AvgIpc) is 2.29. The predicted molar refractivity (Wildman–Crippen MR) is 72.6 cm³/mol. The maximum Gasteiger partial charge on any atom is 0.0314 e. The highest BCUT2D eigenvalue weighted by Gasteiger charge is 2.26. The molecule has 0 bridgehead atoms. The lowest BCUT2D eigenvalue weighted by Crippen LogP contribution is -2.23. The number of anilines is 1. The SMILES string of the molecule is CCC(C)CC(C)(CC)c1ccc(N)cc1. The van der Waals surface area contributed by atoms with Gasteiger partial charge in [0.15, 0.2) is 0 Å². The molecule has 0 aromatic heterocycles. The van der Waals surface area contributed by atoms with Crippen LogP contribution in [0.4, 0.5) is 5.69 Å². The molecule has 0 fully saturated rings. The first-order valence-corrected chi connectivity index (χ1v) is 6.38. The summed E-state index contributed by atoms with van der Waals surface area (Å²) in [6.45, 7) is 9.25. The second-order valence-corrected chi connectivity index (χ2v) is 5.25. The molecule has 0 radical (unpaired) electrons. The Kier molecular flexibility index (Phi) is 4.40. The number of nitrogens with two attached hydrogens (primary N) is 1. The number of nitrogen functional groups attached to an aromatic ring is 1. The van der Waals surface area contributed by atoms with E-state index in [1.54, 1.807) is 0 Å². The standard InChI is InChI=1S/C15H25N/c1-5-12(3)11-15(4,6-2)13-7-9-14(16)10-8-13/h7-10,12H,5-6,11,16H2,1-4H3. The molecule has 1 nitrogen and oxygen atoms in total. The largest absolute Gasteiger partial charge is 0.399 e. The first-order valence-electron chi connectivity index (χ1n) is 6.38. The van der Waals surface area contributed by atoms with Gasteiger partial charge in [-0.15, -0.1) is 0 Å². The van der Waals surface area contributed by atoms with E-state index in [4.69, 9.17) is 5.73 Å². The van der Waals surface area contributed by atoms with E-state index in [9.17, 15) is 0 Å². The van der Waals surface area contributed by atoms with Gasteiger partial charge in [0.1, 0.15) is 0 Å². The van der Waals surface area contributed by atoms with Gasteiger partial charge in [-0.2, -0.15) is 0 Å². The van der Waals surface area contributed by atoms with Gasteiger partial charge in [0, 0.05) is 5.69 Å². The third kappa shape index (κ3) is 3.01. The minimum Gasteiger partial charge on any atom is -0.399 e. The molecule has 0 aliphatic heterocycles. The van der Waals surface area contributed by atoms with E-state index in [-0.39, 0.29) is 0 Å². The Balaban J connectivity index is 2.90. The highest BCUT2D eigenvalue weighted by molar-refractivity contribution is 5.41. The minimum atomic E-state index is 0.295. The molecule has 0 saturated carbocycles. The van der Waals surface area contributed by atoms with E-state index in [1.807, 2.05) is 12.1 Å². The highest BCUT2D eigenvalue weighted by Crippen LogP contribution is 2.35.